The molecule has 6 rings (SSSR count). The van der Waals surface area contributed by atoms with Gasteiger partial charge in [0, 0.05) is 44.4 Å². The van der Waals surface area contributed by atoms with E-state index < -0.39 is 28.3 Å². The molecule has 51 heavy (non-hydrogen) atoms. The third-order valence-corrected chi connectivity index (χ3v) is 12.4. The molecule has 1 aromatic heterocycles. The largest absolute Gasteiger partial charge is 0.388 e. The number of amides is 2. The molecule has 0 saturated carbocycles. The SMILES string of the molecule is CN(c1ccc(C(=O)CO)cc1)S(=O)(=O)c1cc(C(=O)NCc2ccc(CN3CCCCC3)cc2)sc1-c1ccc(C(=O)N2CCOCC2)cc1. The van der Waals surface area contributed by atoms with Crippen molar-refractivity contribution in [1.82, 2.24) is 15.1 Å². The molecule has 0 radical (unpaired) electrons. The number of ketones is 1. The number of likely N-dealkylation sites (tertiary alicyclic amines) is 1. The number of thiophene rings is 1. The summed E-state index contributed by atoms with van der Waals surface area (Å²) in [5.74, 6) is -1.02. The van der Waals surface area contributed by atoms with Crippen LogP contribution in [-0.4, -0.2) is 94.0 Å². The van der Waals surface area contributed by atoms with E-state index in [1.807, 2.05) is 12.1 Å². The van der Waals surface area contributed by atoms with Gasteiger partial charge in [-0.05, 0) is 85.1 Å². The maximum atomic E-state index is 14.2. The molecule has 0 spiro atoms. The molecule has 0 unspecified atom stereocenters. The van der Waals surface area contributed by atoms with E-state index in [0.717, 1.165) is 40.8 Å². The molecular weight excluding hydrogens is 689 g/mol. The second-order valence-corrected chi connectivity index (χ2v) is 15.7. The van der Waals surface area contributed by atoms with Crippen LogP contribution in [0.2, 0.25) is 0 Å². The van der Waals surface area contributed by atoms with Gasteiger partial charge in [0.2, 0.25) is 0 Å². The first kappa shape index (κ1) is 36.4. The lowest BCUT2D eigenvalue weighted by Crippen LogP contribution is -2.40. The molecule has 0 aliphatic carbocycles. The van der Waals surface area contributed by atoms with Gasteiger partial charge in [-0.1, -0.05) is 42.8 Å². The Balaban J connectivity index is 1.24. The summed E-state index contributed by atoms with van der Waals surface area (Å²) in [6, 6.07) is 22.2. The van der Waals surface area contributed by atoms with Crippen LogP contribution >= 0.6 is 11.3 Å². The number of carbonyl (C=O) groups excluding carboxylic acids is 3. The van der Waals surface area contributed by atoms with Gasteiger partial charge in [0.25, 0.3) is 21.8 Å². The minimum absolute atomic E-state index is 0.0648. The van der Waals surface area contributed by atoms with Crippen molar-refractivity contribution in [3.8, 4) is 10.4 Å². The Hall–Kier alpha value is -4.40. The Morgan fingerprint density at radius 3 is 2.12 bits per heavy atom. The monoisotopic (exact) mass is 730 g/mol. The number of ether oxygens (including phenoxy) is 1. The van der Waals surface area contributed by atoms with E-state index in [0.29, 0.717) is 48.0 Å². The van der Waals surface area contributed by atoms with Gasteiger partial charge in [0.1, 0.15) is 11.5 Å². The smallest absolute Gasteiger partial charge is 0.265 e. The van der Waals surface area contributed by atoms with E-state index in [1.165, 1.54) is 62.2 Å². The molecule has 2 amide bonds. The molecule has 4 aromatic rings. The van der Waals surface area contributed by atoms with Crippen molar-refractivity contribution in [2.24, 2.45) is 0 Å². The number of aliphatic hydroxyl groups is 1. The van der Waals surface area contributed by atoms with E-state index >= 15 is 0 Å². The van der Waals surface area contributed by atoms with Crippen LogP contribution in [-0.2, 0) is 27.8 Å². The minimum Gasteiger partial charge on any atom is -0.388 e. The van der Waals surface area contributed by atoms with Gasteiger partial charge in [-0.25, -0.2) is 8.42 Å². The lowest BCUT2D eigenvalue weighted by atomic mass is 10.1. The fourth-order valence-electron chi connectivity index (χ4n) is 6.23. The average Bonchev–Trinajstić information content (AvgIpc) is 3.64. The van der Waals surface area contributed by atoms with Gasteiger partial charge >= 0.3 is 0 Å². The molecule has 0 bridgehead atoms. The average molecular weight is 731 g/mol. The summed E-state index contributed by atoms with van der Waals surface area (Å²) in [7, 11) is -2.81. The summed E-state index contributed by atoms with van der Waals surface area (Å²) in [5.41, 5.74) is 3.71. The van der Waals surface area contributed by atoms with Crippen LogP contribution in [0.4, 0.5) is 5.69 Å². The van der Waals surface area contributed by atoms with E-state index in [9.17, 15) is 27.9 Å². The molecule has 11 nitrogen and oxygen atoms in total. The number of piperidine rings is 1. The van der Waals surface area contributed by atoms with Crippen molar-refractivity contribution >= 4 is 44.6 Å². The van der Waals surface area contributed by atoms with Crippen molar-refractivity contribution in [3.05, 3.63) is 106 Å². The summed E-state index contributed by atoms with van der Waals surface area (Å²) in [6.07, 6.45) is 3.75. The van der Waals surface area contributed by atoms with Crippen molar-refractivity contribution < 1.29 is 32.6 Å². The molecule has 3 heterocycles. The van der Waals surface area contributed by atoms with Gasteiger partial charge in [-0.2, -0.15) is 0 Å². The van der Waals surface area contributed by atoms with Crippen molar-refractivity contribution in [2.75, 3.05) is 57.4 Å². The third kappa shape index (κ3) is 8.57. The van der Waals surface area contributed by atoms with E-state index in [4.69, 9.17) is 4.74 Å². The first-order valence-corrected chi connectivity index (χ1v) is 19.3. The van der Waals surface area contributed by atoms with Crippen LogP contribution in [0, 0.1) is 0 Å². The zero-order chi connectivity index (χ0) is 36.0. The topological polar surface area (TPSA) is 137 Å². The van der Waals surface area contributed by atoms with Crippen LogP contribution < -0.4 is 9.62 Å². The number of Topliss-reactive ketones (excluding diaryl/α,β-unsaturated/α-hetero) is 1. The molecule has 2 aliphatic heterocycles. The number of benzene rings is 3. The van der Waals surface area contributed by atoms with Gasteiger partial charge in [-0.3, -0.25) is 23.6 Å². The zero-order valence-corrected chi connectivity index (χ0v) is 30.2. The Kier molecular flexibility index (Phi) is 11.6. The molecule has 13 heteroatoms. The first-order chi connectivity index (χ1) is 24.6. The number of morpholine rings is 1. The Morgan fingerprint density at radius 1 is 0.843 bits per heavy atom. The van der Waals surface area contributed by atoms with Crippen LogP contribution in [0.25, 0.3) is 10.4 Å². The van der Waals surface area contributed by atoms with E-state index in [1.54, 1.807) is 29.2 Å². The number of nitrogens with zero attached hydrogens (tertiary/aromatic N) is 3. The summed E-state index contributed by atoms with van der Waals surface area (Å²) in [5, 5.41) is 12.1. The first-order valence-electron chi connectivity index (χ1n) is 17.1. The van der Waals surface area contributed by atoms with Gasteiger partial charge < -0.3 is 20.1 Å². The van der Waals surface area contributed by atoms with Crippen LogP contribution in [0.5, 0.6) is 0 Å². The Labute approximate surface area is 302 Å². The molecule has 0 atom stereocenters. The predicted octanol–water partition coefficient (Wildman–Crippen LogP) is 4.80. The molecule has 2 aliphatic rings. The fraction of sp³-hybridized carbons (Fsp3) is 0.342. The minimum atomic E-state index is -4.21. The van der Waals surface area contributed by atoms with Crippen LogP contribution in [0.3, 0.4) is 0 Å². The lowest BCUT2D eigenvalue weighted by molar-refractivity contribution is 0.0303. The third-order valence-electron chi connectivity index (χ3n) is 9.28. The quantitative estimate of drug-likeness (QED) is 0.199. The van der Waals surface area contributed by atoms with E-state index in [2.05, 4.69) is 22.3 Å². The molecule has 3 aromatic carbocycles. The number of aliphatic hydroxyl groups excluding tert-OH is 1. The number of hydrogen-bond donors (Lipinski definition) is 2. The maximum Gasteiger partial charge on any atom is 0.265 e. The molecule has 268 valence electrons. The zero-order valence-electron chi connectivity index (χ0n) is 28.5. The highest BCUT2D eigenvalue weighted by molar-refractivity contribution is 7.93. The van der Waals surface area contributed by atoms with Crippen LogP contribution in [0.1, 0.15) is 60.8 Å². The summed E-state index contributed by atoms with van der Waals surface area (Å²) in [4.78, 5) is 43.2. The van der Waals surface area contributed by atoms with Gasteiger partial charge in [0.15, 0.2) is 5.78 Å². The van der Waals surface area contributed by atoms with E-state index in [-0.39, 0.29) is 27.8 Å². The second-order valence-electron chi connectivity index (χ2n) is 12.7. The number of carbonyl (C=O) groups is 3. The second kappa shape index (κ2) is 16.3. The van der Waals surface area contributed by atoms with Gasteiger partial charge in [0.05, 0.1) is 28.7 Å². The highest BCUT2D eigenvalue weighted by atomic mass is 32.2. The predicted molar refractivity (Wildman–Crippen MR) is 197 cm³/mol. The number of nitrogens with one attached hydrogen (secondary N) is 1. The fourth-order valence-corrected chi connectivity index (χ4v) is 9.04. The maximum absolute atomic E-state index is 14.2. The van der Waals surface area contributed by atoms with Crippen LogP contribution in [0.15, 0.2) is 83.8 Å². The highest BCUT2D eigenvalue weighted by Gasteiger charge is 2.30. The number of sulfonamides is 1. The highest BCUT2D eigenvalue weighted by Crippen LogP contribution is 2.38. The lowest BCUT2D eigenvalue weighted by Gasteiger charge is -2.26. The summed E-state index contributed by atoms with van der Waals surface area (Å²) in [6.45, 7) is 4.70. The summed E-state index contributed by atoms with van der Waals surface area (Å²) < 4.78 is 34.8. The molecular formula is C38H42N4O7S2. The van der Waals surface area contributed by atoms with Crippen molar-refractivity contribution in [1.29, 1.82) is 0 Å². The Bertz CT molecular complexity index is 1950. The standard InChI is InChI=1S/C38H42N4O7S2/c1-40(32-15-13-29(14-16-32)33(44)26-43)51(47,48)35-23-34(37(45)39-24-27-5-7-28(8-6-27)25-41-17-3-2-4-18-41)50-36(35)30-9-11-31(12-10-30)38(46)42-19-21-49-22-20-42/h5-16,23,43H,2-4,17-22,24-26H2,1H3,(H,39,45). The number of rotatable bonds is 12. The number of anilines is 1. The van der Waals surface area contributed by atoms with Crippen molar-refractivity contribution in [3.63, 3.8) is 0 Å². The molecule has 2 N–H and O–H groups in total. The normalized spacial score (nSPS) is 15.4. The van der Waals surface area contributed by atoms with Crippen molar-refractivity contribution in [2.45, 2.75) is 37.2 Å². The molecule has 2 fully saturated rings. The molecule has 2 saturated heterocycles. The summed E-state index contributed by atoms with van der Waals surface area (Å²) >= 11 is 1.06. The Morgan fingerprint density at radius 2 is 1.47 bits per heavy atom. The number of hydrogen-bond acceptors (Lipinski definition) is 9. The van der Waals surface area contributed by atoms with Gasteiger partial charge in [-0.15, -0.1) is 11.3 Å².